The summed E-state index contributed by atoms with van der Waals surface area (Å²) in [5, 5.41) is 3.38. The van der Waals surface area contributed by atoms with Crippen LogP contribution in [-0.2, 0) is 6.54 Å². The molecule has 3 rings (SSSR count). The Morgan fingerprint density at radius 1 is 1.14 bits per heavy atom. The van der Waals surface area contributed by atoms with E-state index in [9.17, 15) is 13.2 Å². The lowest BCUT2D eigenvalue weighted by molar-refractivity contribution is 0.462. The lowest BCUT2D eigenvalue weighted by Gasteiger charge is -2.24. The first-order valence-electron chi connectivity index (χ1n) is 9.32. The molecule has 150 valence electrons. The number of benzene rings is 2. The summed E-state index contributed by atoms with van der Waals surface area (Å²) in [4.78, 5) is 8.36. The van der Waals surface area contributed by atoms with Crippen LogP contribution in [0.1, 0.15) is 12.0 Å². The standard InChI is InChI=1S/C21H25F3N4/c1-25-21(27(2)13-15-3-5-17(22)6-4-15)26-12-16-9-10-28(14-16)18-7-8-19(23)20(24)11-18/h3-8,11,16H,9-10,12-14H2,1-2H3,(H,25,26). The maximum absolute atomic E-state index is 13.5. The first-order valence-corrected chi connectivity index (χ1v) is 9.32. The fourth-order valence-electron chi connectivity index (χ4n) is 3.47. The van der Waals surface area contributed by atoms with Gasteiger partial charge in [0.15, 0.2) is 17.6 Å². The van der Waals surface area contributed by atoms with Crippen molar-refractivity contribution in [3.63, 3.8) is 0 Å². The molecule has 1 saturated heterocycles. The second-order valence-corrected chi connectivity index (χ2v) is 7.11. The van der Waals surface area contributed by atoms with Crippen LogP contribution in [0.15, 0.2) is 47.5 Å². The van der Waals surface area contributed by atoms with Gasteiger partial charge in [-0.3, -0.25) is 4.99 Å². The van der Waals surface area contributed by atoms with Crippen molar-refractivity contribution in [2.24, 2.45) is 10.9 Å². The molecule has 1 fully saturated rings. The highest BCUT2D eigenvalue weighted by Gasteiger charge is 2.24. The van der Waals surface area contributed by atoms with Gasteiger partial charge < -0.3 is 15.1 Å². The van der Waals surface area contributed by atoms with E-state index >= 15 is 0 Å². The highest BCUT2D eigenvalue weighted by Crippen LogP contribution is 2.25. The number of anilines is 1. The van der Waals surface area contributed by atoms with Crippen molar-refractivity contribution in [1.82, 2.24) is 10.2 Å². The Balaban J connectivity index is 1.51. The number of halogens is 3. The van der Waals surface area contributed by atoms with E-state index < -0.39 is 11.6 Å². The minimum Gasteiger partial charge on any atom is -0.371 e. The van der Waals surface area contributed by atoms with E-state index in [0.29, 0.717) is 18.2 Å². The molecule has 0 aliphatic carbocycles. The summed E-state index contributed by atoms with van der Waals surface area (Å²) in [5.41, 5.74) is 1.71. The second-order valence-electron chi connectivity index (χ2n) is 7.11. The van der Waals surface area contributed by atoms with Crippen molar-refractivity contribution in [3.05, 3.63) is 65.5 Å². The van der Waals surface area contributed by atoms with Crippen LogP contribution in [-0.4, -0.2) is 44.6 Å². The number of guanidine groups is 1. The predicted molar refractivity (Wildman–Crippen MR) is 106 cm³/mol. The lowest BCUT2D eigenvalue weighted by atomic mass is 10.1. The summed E-state index contributed by atoms with van der Waals surface area (Å²) in [6.45, 7) is 2.93. The predicted octanol–water partition coefficient (Wildman–Crippen LogP) is 3.64. The van der Waals surface area contributed by atoms with Gasteiger partial charge in [-0.15, -0.1) is 0 Å². The average Bonchev–Trinajstić information content (AvgIpc) is 3.15. The zero-order valence-electron chi connectivity index (χ0n) is 16.1. The van der Waals surface area contributed by atoms with E-state index in [1.165, 1.54) is 24.3 Å². The van der Waals surface area contributed by atoms with Crippen molar-refractivity contribution in [3.8, 4) is 0 Å². The van der Waals surface area contributed by atoms with Gasteiger partial charge in [-0.25, -0.2) is 13.2 Å². The van der Waals surface area contributed by atoms with Gasteiger partial charge in [0.2, 0.25) is 0 Å². The van der Waals surface area contributed by atoms with Crippen LogP contribution in [0, 0.1) is 23.4 Å². The zero-order chi connectivity index (χ0) is 20.1. The van der Waals surface area contributed by atoms with Crippen LogP contribution in [0.3, 0.4) is 0 Å². The smallest absolute Gasteiger partial charge is 0.193 e. The molecule has 0 amide bonds. The molecule has 0 spiro atoms. The topological polar surface area (TPSA) is 30.9 Å². The van der Waals surface area contributed by atoms with Gasteiger partial charge in [0.05, 0.1) is 0 Å². The molecule has 0 aromatic heterocycles. The molecule has 1 N–H and O–H groups in total. The molecule has 7 heteroatoms. The summed E-state index contributed by atoms with van der Waals surface area (Å²) in [5.74, 6) is -0.753. The molecule has 1 unspecified atom stereocenters. The summed E-state index contributed by atoms with van der Waals surface area (Å²) in [7, 11) is 3.66. The normalized spacial score (nSPS) is 17.1. The highest BCUT2D eigenvalue weighted by atomic mass is 19.2. The molecule has 2 aromatic rings. The molecule has 1 heterocycles. The molecule has 2 aromatic carbocycles. The minimum atomic E-state index is -0.825. The quantitative estimate of drug-likeness (QED) is 0.625. The van der Waals surface area contributed by atoms with Crippen molar-refractivity contribution in [2.75, 3.05) is 38.6 Å². The fourth-order valence-corrected chi connectivity index (χ4v) is 3.47. The first-order chi connectivity index (χ1) is 13.5. The van der Waals surface area contributed by atoms with E-state index in [4.69, 9.17) is 0 Å². The Hall–Kier alpha value is -2.70. The average molecular weight is 390 g/mol. The van der Waals surface area contributed by atoms with Crippen molar-refractivity contribution >= 4 is 11.6 Å². The fraction of sp³-hybridized carbons (Fsp3) is 0.381. The number of nitrogens with one attached hydrogen (secondary N) is 1. The van der Waals surface area contributed by atoms with Gasteiger partial charge in [-0.1, -0.05) is 12.1 Å². The van der Waals surface area contributed by atoms with Crippen molar-refractivity contribution in [2.45, 2.75) is 13.0 Å². The minimum absolute atomic E-state index is 0.249. The molecule has 0 radical (unpaired) electrons. The van der Waals surface area contributed by atoms with E-state index in [-0.39, 0.29) is 5.82 Å². The third-order valence-corrected chi connectivity index (χ3v) is 5.01. The Kier molecular flexibility index (Phi) is 6.44. The van der Waals surface area contributed by atoms with Gasteiger partial charge in [-0.05, 0) is 42.2 Å². The largest absolute Gasteiger partial charge is 0.371 e. The monoisotopic (exact) mass is 390 g/mol. The third kappa shape index (κ3) is 4.97. The summed E-state index contributed by atoms with van der Waals surface area (Å²) >= 11 is 0. The first kappa shape index (κ1) is 20.0. The van der Waals surface area contributed by atoms with Gasteiger partial charge in [0.1, 0.15) is 5.82 Å². The van der Waals surface area contributed by atoms with Gasteiger partial charge in [0, 0.05) is 52.0 Å². The maximum atomic E-state index is 13.5. The van der Waals surface area contributed by atoms with Crippen LogP contribution in [0.2, 0.25) is 0 Å². The van der Waals surface area contributed by atoms with Crippen molar-refractivity contribution < 1.29 is 13.2 Å². The Labute approximate surface area is 163 Å². The number of rotatable bonds is 5. The van der Waals surface area contributed by atoms with E-state index in [1.54, 1.807) is 25.2 Å². The van der Waals surface area contributed by atoms with Crippen molar-refractivity contribution in [1.29, 1.82) is 0 Å². The Morgan fingerprint density at radius 2 is 1.89 bits per heavy atom. The Morgan fingerprint density at radius 3 is 2.57 bits per heavy atom. The molecular weight excluding hydrogens is 365 g/mol. The van der Waals surface area contributed by atoms with Gasteiger partial charge >= 0.3 is 0 Å². The molecule has 28 heavy (non-hydrogen) atoms. The molecule has 1 aliphatic rings. The number of nitrogens with zero attached hydrogens (tertiary/aromatic N) is 3. The number of hydrogen-bond acceptors (Lipinski definition) is 2. The molecular formula is C21H25F3N4. The summed E-state index contributed by atoms with van der Waals surface area (Å²) in [6, 6.07) is 10.5. The number of aliphatic imine (C=N–C) groups is 1. The summed E-state index contributed by atoms with van der Waals surface area (Å²) < 4.78 is 39.6. The van der Waals surface area contributed by atoms with Crippen LogP contribution in [0.5, 0.6) is 0 Å². The van der Waals surface area contributed by atoms with E-state index in [1.807, 2.05) is 11.9 Å². The number of hydrogen-bond donors (Lipinski definition) is 1. The van der Waals surface area contributed by atoms with E-state index in [2.05, 4.69) is 15.2 Å². The Bertz CT molecular complexity index is 823. The van der Waals surface area contributed by atoms with Crippen LogP contribution in [0.25, 0.3) is 0 Å². The molecule has 4 nitrogen and oxygen atoms in total. The third-order valence-electron chi connectivity index (χ3n) is 5.01. The zero-order valence-corrected chi connectivity index (χ0v) is 16.1. The van der Waals surface area contributed by atoms with Gasteiger partial charge in [0.25, 0.3) is 0 Å². The second kappa shape index (κ2) is 8.99. The maximum Gasteiger partial charge on any atom is 0.193 e. The van der Waals surface area contributed by atoms with Crippen LogP contribution >= 0.6 is 0 Å². The highest BCUT2D eigenvalue weighted by molar-refractivity contribution is 5.79. The van der Waals surface area contributed by atoms with Crippen LogP contribution in [0.4, 0.5) is 18.9 Å². The lowest BCUT2D eigenvalue weighted by Crippen LogP contribution is -2.41. The van der Waals surface area contributed by atoms with E-state index in [0.717, 1.165) is 37.6 Å². The van der Waals surface area contributed by atoms with Crippen LogP contribution < -0.4 is 10.2 Å². The molecule has 0 saturated carbocycles. The molecule has 1 atom stereocenters. The molecule has 0 bridgehead atoms. The SMILES string of the molecule is CN=C(NCC1CCN(c2ccc(F)c(F)c2)C1)N(C)Cc1ccc(F)cc1. The summed E-state index contributed by atoms with van der Waals surface area (Å²) in [6.07, 6.45) is 0.963. The molecule has 1 aliphatic heterocycles. The van der Waals surface area contributed by atoms with Gasteiger partial charge in [-0.2, -0.15) is 0 Å².